The third-order valence-electron chi connectivity index (χ3n) is 4.25. The van der Waals surface area contributed by atoms with Gasteiger partial charge in [0.1, 0.15) is 5.75 Å². The van der Waals surface area contributed by atoms with Crippen molar-refractivity contribution in [3.8, 4) is 5.75 Å². The first-order valence-electron chi connectivity index (χ1n) is 7.14. The third kappa shape index (κ3) is 2.56. The fourth-order valence-corrected chi connectivity index (χ4v) is 3.13. The van der Waals surface area contributed by atoms with Crippen molar-refractivity contribution in [3.63, 3.8) is 0 Å². The Hall–Kier alpha value is -1.80. The van der Waals surface area contributed by atoms with Gasteiger partial charge in [-0.3, -0.25) is 0 Å². The quantitative estimate of drug-likeness (QED) is 0.923. The summed E-state index contributed by atoms with van der Waals surface area (Å²) in [7, 11) is 1.68. The van der Waals surface area contributed by atoms with Crippen LogP contribution in [0, 0.1) is 5.92 Å². The second kappa shape index (κ2) is 5.68. The molecular weight excluding hydrogens is 248 g/mol. The number of fused-ring (bicyclic) bond motifs is 1. The van der Waals surface area contributed by atoms with E-state index in [9.17, 15) is 5.11 Å². The van der Waals surface area contributed by atoms with Gasteiger partial charge in [-0.05, 0) is 41.5 Å². The molecule has 0 saturated carbocycles. The Bertz CT molecular complexity index is 566. The van der Waals surface area contributed by atoms with Gasteiger partial charge in [-0.15, -0.1) is 0 Å². The van der Waals surface area contributed by atoms with Crippen LogP contribution in [0.5, 0.6) is 5.75 Å². The number of methoxy groups -OCH3 is 1. The van der Waals surface area contributed by atoms with Crippen LogP contribution in [0.2, 0.25) is 0 Å². The predicted octanol–water partition coefficient (Wildman–Crippen LogP) is 3.01. The van der Waals surface area contributed by atoms with E-state index in [0.717, 1.165) is 24.2 Å². The van der Waals surface area contributed by atoms with Crippen molar-refractivity contribution in [2.24, 2.45) is 5.92 Å². The molecule has 104 valence electrons. The van der Waals surface area contributed by atoms with Crippen LogP contribution in [0.4, 0.5) is 0 Å². The molecule has 2 aromatic carbocycles. The van der Waals surface area contributed by atoms with E-state index in [1.807, 2.05) is 24.3 Å². The zero-order chi connectivity index (χ0) is 13.9. The van der Waals surface area contributed by atoms with Gasteiger partial charge in [-0.2, -0.15) is 0 Å². The van der Waals surface area contributed by atoms with Crippen LogP contribution in [0.3, 0.4) is 0 Å². The van der Waals surface area contributed by atoms with Crippen LogP contribution in [0.1, 0.15) is 16.7 Å². The van der Waals surface area contributed by atoms with Crippen molar-refractivity contribution >= 4 is 0 Å². The topological polar surface area (TPSA) is 29.5 Å². The molecule has 1 atom stereocenters. The number of rotatable bonds is 4. The van der Waals surface area contributed by atoms with Gasteiger partial charge in [0.15, 0.2) is 0 Å². The van der Waals surface area contributed by atoms with Crippen LogP contribution >= 0.6 is 0 Å². The summed E-state index contributed by atoms with van der Waals surface area (Å²) in [4.78, 5) is 0. The molecule has 2 aromatic rings. The minimum absolute atomic E-state index is 0.317. The number of hydrogen-bond donors (Lipinski definition) is 1. The molecule has 2 heteroatoms. The monoisotopic (exact) mass is 268 g/mol. The molecule has 2 nitrogen and oxygen atoms in total. The highest BCUT2D eigenvalue weighted by molar-refractivity contribution is 5.35. The Balaban J connectivity index is 1.71. The normalized spacial score (nSPS) is 15.9. The van der Waals surface area contributed by atoms with Gasteiger partial charge in [0.25, 0.3) is 0 Å². The average molecular weight is 268 g/mol. The predicted molar refractivity (Wildman–Crippen MR) is 80.0 cm³/mol. The molecule has 1 aliphatic rings. The van der Waals surface area contributed by atoms with Gasteiger partial charge in [0, 0.05) is 6.42 Å². The molecule has 0 radical (unpaired) electrons. The lowest BCUT2D eigenvalue weighted by Gasteiger charge is -2.19. The lowest BCUT2D eigenvalue weighted by Crippen LogP contribution is -2.23. The number of benzene rings is 2. The van der Waals surface area contributed by atoms with Gasteiger partial charge < -0.3 is 9.84 Å². The van der Waals surface area contributed by atoms with Gasteiger partial charge in [0.05, 0.1) is 13.2 Å². The number of hydrogen-bond acceptors (Lipinski definition) is 2. The Labute approximate surface area is 120 Å². The number of ether oxygens (including phenoxy) is 1. The highest BCUT2D eigenvalue weighted by Gasteiger charge is 2.27. The number of aliphatic hydroxyl groups is 1. The summed E-state index contributed by atoms with van der Waals surface area (Å²) in [6, 6.07) is 16.4. The lowest BCUT2D eigenvalue weighted by atomic mass is 9.93. The second-order valence-electron chi connectivity index (χ2n) is 5.52. The van der Waals surface area contributed by atoms with Crippen molar-refractivity contribution in [1.29, 1.82) is 0 Å². The summed E-state index contributed by atoms with van der Waals surface area (Å²) in [6.07, 6.45) is 2.29. The lowest BCUT2D eigenvalue weighted by molar-refractivity contribution is 0.112. The molecule has 0 bridgehead atoms. The van der Waals surface area contributed by atoms with Gasteiger partial charge in [0.2, 0.25) is 0 Å². The van der Waals surface area contributed by atoms with Crippen LogP contribution < -0.4 is 4.74 Å². The fraction of sp³-hybridized carbons (Fsp3) is 0.333. The molecule has 1 N–H and O–H groups in total. The van der Waals surface area contributed by atoms with E-state index < -0.39 is 0 Å². The number of aliphatic hydroxyl groups excluding tert-OH is 1. The van der Waals surface area contributed by atoms with Crippen molar-refractivity contribution in [1.82, 2.24) is 0 Å². The largest absolute Gasteiger partial charge is 0.496 e. The Morgan fingerprint density at radius 1 is 1.05 bits per heavy atom. The zero-order valence-electron chi connectivity index (χ0n) is 11.8. The standard InChI is InChI=1S/C18H20O2/c1-20-18-9-5-4-8-15(18)12-17(19)16-10-13-6-2-3-7-14(13)11-16/h2-9,16-17,19H,10-12H2,1H3. The molecule has 1 aliphatic carbocycles. The molecule has 0 saturated heterocycles. The summed E-state index contributed by atoms with van der Waals surface area (Å²) in [6.45, 7) is 0. The van der Waals surface area contributed by atoms with Crippen LogP contribution in [-0.4, -0.2) is 18.3 Å². The molecule has 1 unspecified atom stereocenters. The van der Waals surface area contributed by atoms with E-state index in [1.165, 1.54) is 11.1 Å². The van der Waals surface area contributed by atoms with Gasteiger partial charge in [-0.1, -0.05) is 42.5 Å². The van der Waals surface area contributed by atoms with Crippen LogP contribution in [-0.2, 0) is 19.3 Å². The minimum atomic E-state index is -0.321. The molecular formula is C18H20O2. The molecule has 20 heavy (non-hydrogen) atoms. The van der Waals surface area contributed by atoms with Crippen LogP contribution in [0.25, 0.3) is 0 Å². The van der Waals surface area contributed by atoms with Crippen molar-refractivity contribution in [2.75, 3.05) is 7.11 Å². The first-order valence-corrected chi connectivity index (χ1v) is 7.14. The SMILES string of the molecule is COc1ccccc1CC(O)C1Cc2ccccc2C1. The molecule has 0 fully saturated rings. The van der Waals surface area contributed by atoms with Gasteiger partial charge >= 0.3 is 0 Å². The van der Waals surface area contributed by atoms with Crippen molar-refractivity contribution in [3.05, 3.63) is 65.2 Å². The molecule has 0 aromatic heterocycles. The molecule has 0 amide bonds. The van der Waals surface area contributed by atoms with E-state index in [-0.39, 0.29) is 6.10 Å². The zero-order valence-corrected chi connectivity index (χ0v) is 11.8. The maximum atomic E-state index is 10.5. The summed E-state index contributed by atoms with van der Waals surface area (Å²) < 4.78 is 5.36. The molecule has 3 rings (SSSR count). The Morgan fingerprint density at radius 2 is 1.65 bits per heavy atom. The maximum absolute atomic E-state index is 10.5. The molecule has 0 aliphatic heterocycles. The summed E-state index contributed by atoms with van der Waals surface area (Å²) in [5.41, 5.74) is 3.85. The highest BCUT2D eigenvalue weighted by Crippen LogP contribution is 2.31. The molecule has 0 heterocycles. The summed E-state index contributed by atoms with van der Waals surface area (Å²) in [5.74, 6) is 1.18. The Morgan fingerprint density at radius 3 is 2.30 bits per heavy atom. The van der Waals surface area contributed by atoms with E-state index in [4.69, 9.17) is 4.74 Å². The highest BCUT2D eigenvalue weighted by atomic mass is 16.5. The fourth-order valence-electron chi connectivity index (χ4n) is 3.13. The summed E-state index contributed by atoms with van der Waals surface area (Å²) >= 11 is 0. The third-order valence-corrected chi connectivity index (χ3v) is 4.25. The van der Waals surface area contributed by atoms with Gasteiger partial charge in [-0.25, -0.2) is 0 Å². The minimum Gasteiger partial charge on any atom is -0.496 e. The average Bonchev–Trinajstić information content (AvgIpc) is 2.92. The van der Waals surface area contributed by atoms with E-state index >= 15 is 0 Å². The summed E-state index contributed by atoms with van der Waals surface area (Å²) in [5, 5.41) is 10.5. The number of para-hydroxylation sites is 1. The van der Waals surface area contributed by atoms with E-state index in [0.29, 0.717) is 12.3 Å². The van der Waals surface area contributed by atoms with E-state index in [2.05, 4.69) is 24.3 Å². The first kappa shape index (κ1) is 13.2. The van der Waals surface area contributed by atoms with E-state index in [1.54, 1.807) is 7.11 Å². The van der Waals surface area contributed by atoms with Crippen molar-refractivity contribution in [2.45, 2.75) is 25.4 Å². The Kier molecular flexibility index (Phi) is 3.75. The van der Waals surface area contributed by atoms with Crippen molar-refractivity contribution < 1.29 is 9.84 Å². The first-order chi connectivity index (χ1) is 9.78. The maximum Gasteiger partial charge on any atom is 0.122 e. The molecule has 0 spiro atoms. The van der Waals surface area contributed by atoms with Crippen LogP contribution in [0.15, 0.2) is 48.5 Å². The second-order valence-corrected chi connectivity index (χ2v) is 5.52. The smallest absolute Gasteiger partial charge is 0.122 e.